The van der Waals surface area contributed by atoms with Crippen LogP contribution in [0.5, 0.6) is 0 Å². The van der Waals surface area contributed by atoms with Crippen LogP contribution in [0.1, 0.15) is 19.4 Å². The number of benzene rings is 1. The number of hydrogen-bond donors (Lipinski definition) is 1. The average molecular weight is 206 g/mol. The van der Waals surface area contributed by atoms with Crippen molar-refractivity contribution in [3.63, 3.8) is 0 Å². The Morgan fingerprint density at radius 2 is 2.07 bits per heavy atom. The number of carbonyl (C=O) groups excluding carboxylic acids is 1. The number of anilines is 1. The first-order chi connectivity index (χ1) is 7.06. The van der Waals surface area contributed by atoms with Crippen molar-refractivity contribution in [1.29, 1.82) is 0 Å². The first-order valence-electron chi connectivity index (χ1n) is 4.59. The summed E-state index contributed by atoms with van der Waals surface area (Å²) in [5, 5.41) is 11.8. The molecule has 1 aromatic rings. The fourth-order valence-corrected chi connectivity index (χ4v) is 1.18. The zero-order chi connectivity index (χ0) is 11.4. The van der Waals surface area contributed by atoms with Gasteiger partial charge >= 0.3 is 0 Å². The molecule has 0 atom stereocenters. The molecule has 1 aromatic carbocycles. The summed E-state index contributed by atoms with van der Waals surface area (Å²) in [6.45, 7) is 3.20. The molecule has 1 rings (SSSR count). The largest absolute Gasteiger partial charge is 0.411 e. The highest BCUT2D eigenvalue weighted by Crippen LogP contribution is 2.15. The molecule has 0 saturated heterocycles. The smallest absolute Gasteiger partial charge is 0.223 e. The molecule has 0 bridgehead atoms. The highest BCUT2D eigenvalue weighted by molar-refractivity contribution is 6.00. The van der Waals surface area contributed by atoms with E-state index in [-0.39, 0.29) is 5.91 Å². The maximum atomic E-state index is 11.1. The zero-order valence-corrected chi connectivity index (χ0v) is 9.06. The predicted molar refractivity (Wildman–Crippen MR) is 59.5 cm³/mol. The lowest BCUT2D eigenvalue weighted by Gasteiger charge is -2.15. The number of hydrogen-bond acceptors (Lipinski definition) is 3. The normalized spacial score (nSPS) is 11.3. The van der Waals surface area contributed by atoms with Gasteiger partial charge in [-0.15, -0.1) is 0 Å². The van der Waals surface area contributed by atoms with Crippen LogP contribution in [0.2, 0.25) is 0 Å². The van der Waals surface area contributed by atoms with Crippen molar-refractivity contribution in [1.82, 2.24) is 0 Å². The van der Waals surface area contributed by atoms with E-state index in [1.54, 1.807) is 20.0 Å². The van der Waals surface area contributed by atoms with Gasteiger partial charge in [0.2, 0.25) is 5.91 Å². The monoisotopic (exact) mass is 206 g/mol. The van der Waals surface area contributed by atoms with E-state index in [1.165, 1.54) is 11.8 Å². The Bertz CT molecular complexity index is 399. The SMILES string of the molecule is CC(=O)N(C)c1cccc(C(C)=NO)c1. The minimum absolute atomic E-state index is 0.0364. The zero-order valence-electron chi connectivity index (χ0n) is 9.06. The van der Waals surface area contributed by atoms with Crippen LogP contribution in [0.4, 0.5) is 5.69 Å². The highest BCUT2D eigenvalue weighted by Gasteiger charge is 2.06. The fourth-order valence-electron chi connectivity index (χ4n) is 1.18. The van der Waals surface area contributed by atoms with Gasteiger partial charge < -0.3 is 10.1 Å². The Labute approximate surface area is 88.8 Å². The van der Waals surface area contributed by atoms with E-state index in [0.717, 1.165) is 11.3 Å². The number of nitrogens with zero attached hydrogens (tertiary/aromatic N) is 2. The van der Waals surface area contributed by atoms with E-state index in [1.807, 2.05) is 18.2 Å². The molecule has 0 unspecified atom stereocenters. The van der Waals surface area contributed by atoms with Gasteiger partial charge in [-0.25, -0.2) is 0 Å². The van der Waals surface area contributed by atoms with Gasteiger partial charge in [0.1, 0.15) is 0 Å². The Morgan fingerprint density at radius 3 is 2.60 bits per heavy atom. The summed E-state index contributed by atoms with van der Waals surface area (Å²) in [4.78, 5) is 12.7. The summed E-state index contributed by atoms with van der Waals surface area (Å²) in [7, 11) is 1.70. The van der Waals surface area contributed by atoms with Crippen LogP contribution in [0, 0.1) is 0 Å². The molecular weight excluding hydrogens is 192 g/mol. The number of rotatable bonds is 2. The third-order valence-corrected chi connectivity index (χ3v) is 2.27. The van der Waals surface area contributed by atoms with Crippen molar-refractivity contribution in [3.05, 3.63) is 29.8 Å². The Hall–Kier alpha value is -1.84. The molecule has 4 nitrogen and oxygen atoms in total. The van der Waals surface area contributed by atoms with Crippen molar-refractivity contribution in [3.8, 4) is 0 Å². The lowest BCUT2D eigenvalue weighted by Crippen LogP contribution is -2.22. The molecule has 80 valence electrons. The number of carbonyl (C=O) groups is 1. The number of oxime groups is 1. The van der Waals surface area contributed by atoms with Crippen molar-refractivity contribution < 1.29 is 10.0 Å². The Kier molecular flexibility index (Phi) is 3.44. The second kappa shape index (κ2) is 4.59. The van der Waals surface area contributed by atoms with Crippen molar-refractivity contribution in [2.45, 2.75) is 13.8 Å². The lowest BCUT2D eigenvalue weighted by molar-refractivity contribution is -0.116. The molecule has 0 heterocycles. The van der Waals surface area contributed by atoms with Crippen LogP contribution >= 0.6 is 0 Å². The molecule has 4 heteroatoms. The molecule has 0 saturated carbocycles. The van der Waals surface area contributed by atoms with Crippen LogP contribution in [-0.2, 0) is 4.79 Å². The van der Waals surface area contributed by atoms with E-state index in [9.17, 15) is 4.79 Å². The van der Waals surface area contributed by atoms with E-state index >= 15 is 0 Å². The van der Waals surface area contributed by atoms with Gasteiger partial charge in [0, 0.05) is 25.2 Å². The third-order valence-electron chi connectivity index (χ3n) is 2.27. The van der Waals surface area contributed by atoms with Gasteiger partial charge in [0.05, 0.1) is 5.71 Å². The summed E-state index contributed by atoms with van der Waals surface area (Å²) in [5.41, 5.74) is 2.10. The molecule has 0 aromatic heterocycles. The molecule has 1 amide bonds. The van der Waals surface area contributed by atoms with Crippen LogP contribution in [0.25, 0.3) is 0 Å². The maximum absolute atomic E-state index is 11.1. The molecule has 0 fully saturated rings. The predicted octanol–water partition coefficient (Wildman–Crippen LogP) is 1.87. The molecule has 1 N–H and O–H groups in total. The topological polar surface area (TPSA) is 52.9 Å². The second-order valence-electron chi connectivity index (χ2n) is 3.31. The third kappa shape index (κ3) is 2.56. The van der Waals surface area contributed by atoms with Crippen LogP contribution < -0.4 is 4.90 Å². The van der Waals surface area contributed by atoms with Gasteiger partial charge in [-0.05, 0) is 19.1 Å². The van der Waals surface area contributed by atoms with Crippen LogP contribution in [0.3, 0.4) is 0 Å². The molecular formula is C11H14N2O2. The minimum Gasteiger partial charge on any atom is -0.411 e. The first-order valence-corrected chi connectivity index (χ1v) is 4.59. The summed E-state index contributed by atoms with van der Waals surface area (Å²) < 4.78 is 0. The summed E-state index contributed by atoms with van der Waals surface area (Å²) in [5.74, 6) is -0.0364. The quantitative estimate of drug-likeness (QED) is 0.456. The van der Waals surface area contributed by atoms with Gasteiger partial charge in [-0.3, -0.25) is 4.79 Å². The molecule has 0 aliphatic carbocycles. The van der Waals surface area contributed by atoms with Crippen molar-refractivity contribution >= 4 is 17.3 Å². The minimum atomic E-state index is -0.0364. The van der Waals surface area contributed by atoms with Crippen LogP contribution in [0.15, 0.2) is 29.4 Å². The first kappa shape index (κ1) is 11.2. The fraction of sp³-hybridized carbons (Fsp3) is 0.273. The van der Waals surface area contributed by atoms with E-state index in [4.69, 9.17) is 5.21 Å². The van der Waals surface area contributed by atoms with Gasteiger partial charge in [-0.2, -0.15) is 0 Å². The Balaban J connectivity index is 3.08. The highest BCUT2D eigenvalue weighted by atomic mass is 16.4. The number of amides is 1. The maximum Gasteiger partial charge on any atom is 0.223 e. The summed E-state index contributed by atoms with van der Waals surface area (Å²) in [6, 6.07) is 7.28. The lowest BCUT2D eigenvalue weighted by atomic mass is 10.1. The van der Waals surface area contributed by atoms with Gasteiger partial charge in [0.15, 0.2) is 0 Å². The molecule has 15 heavy (non-hydrogen) atoms. The summed E-state index contributed by atoms with van der Waals surface area (Å²) >= 11 is 0. The second-order valence-corrected chi connectivity index (χ2v) is 3.31. The molecule has 0 aliphatic heterocycles. The van der Waals surface area contributed by atoms with Crippen molar-refractivity contribution in [2.75, 3.05) is 11.9 Å². The standard InChI is InChI=1S/C11H14N2O2/c1-8(12-15)10-5-4-6-11(7-10)13(3)9(2)14/h4-7,15H,1-3H3. The molecule has 0 radical (unpaired) electrons. The van der Waals surface area contributed by atoms with E-state index in [2.05, 4.69) is 5.16 Å². The van der Waals surface area contributed by atoms with Gasteiger partial charge in [-0.1, -0.05) is 17.3 Å². The van der Waals surface area contributed by atoms with Crippen molar-refractivity contribution in [2.24, 2.45) is 5.16 Å². The van der Waals surface area contributed by atoms with E-state index < -0.39 is 0 Å². The van der Waals surface area contributed by atoms with Crippen LogP contribution in [-0.4, -0.2) is 23.9 Å². The average Bonchev–Trinajstić information content (AvgIpc) is 2.27. The van der Waals surface area contributed by atoms with E-state index in [0.29, 0.717) is 5.71 Å². The molecule has 0 aliphatic rings. The summed E-state index contributed by atoms with van der Waals surface area (Å²) in [6.07, 6.45) is 0. The van der Waals surface area contributed by atoms with Gasteiger partial charge in [0.25, 0.3) is 0 Å². The molecule has 0 spiro atoms. The Morgan fingerprint density at radius 1 is 1.40 bits per heavy atom.